The molecule has 3 atom stereocenters. The second-order valence-electron chi connectivity index (χ2n) is 12.4. The Bertz CT molecular complexity index is 1940. The molecule has 0 fully saturated rings. The number of anilines is 1. The average molecular weight is 703 g/mol. The molecule has 0 bridgehead atoms. The third-order valence-electron chi connectivity index (χ3n) is 7.70. The number of para-hydroxylation sites is 1. The van der Waals surface area contributed by atoms with E-state index in [1.165, 1.54) is 31.2 Å². The smallest absolute Gasteiger partial charge is 0.270 e. The van der Waals surface area contributed by atoms with E-state index in [9.17, 15) is 32.7 Å². The van der Waals surface area contributed by atoms with Crippen LogP contribution < -0.4 is 21.7 Å². The lowest BCUT2D eigenvalue weighted by Crippen LogP contribution is -2.56. The van der Waals surface area contributed by atoms with Crippen LogP contribution in [0.2, 0.25) is 0 Å². The first-order valence-corrected chi connectivity index (χ1v) is 17.5. The van der Waals surface area contributed by atoms with E-state index in [0.717, 1.165) is 15.3 Å². The van der Waals surface area contributed by atoms with Crippen LogP contribution in [0.4, 0.5) is 5.69 Å². The highest BCUT2D eigenvalue weighted by Crippen LogP contribution is 2.22. The first kappa shape index (κ1) is 37.6. The molecule has 0 unspecified atom stereocenters. The lowest BCUT2D eigenvalue weighted by Gasteiger charge is -2.31. The van der Waals surface area contributed by atoms with E-state index in [4.69, 9.17) is 5.73 Å². The van der Waals surface area contributed by atoms with Gasteiger partial charge in [0.05, 0.1) is 29.0 Å². The average Bonchev–Trinajstić information content (AvgIpc) is 3.07. The fraction of sp³-hybridized carbons (Fsp3) is 0.306. The number of carbonyl (C=O) groups is 4. The number of rotatable bonds is 16. The van der Waals surface area contributed by atoms with Crippen molar-refractivity contribution in [3.63, 3.8) is 0 Å². The van der Waals surface area contributed by atoms with Gasteiger partial charge in [-0.2, -0.15) is 4.31 Å². The second-order valence-corrected chi connectivity index (χ2v) is 14.3. The number of fused-ring (bicyclic) bond motifs is 1. The van der Waals surface area contributed by atoms with Crippen molar-refractivity contribution in [1.82, 2.24) is 19.9 Å². The van der Waals surface area contributed by atoms with Crippen LogP contribution in [0.25, 0.3) is 10.9 Å². The van der Waals surface area contributed by atoms with Gasteiger partial charge in [0.25, 0.3) is 5.91 Å². The Labute approximate surface area is 291 Å². The van der Waals surface area contributed by atoms with Gasteiger partial charge in [0.1, 0.15) is 11.7 Å². The molecule has 13 nitrogen and oxygen atoms in total. The highest BCUT2D eigenvalue weighted by molar-refractivity contribution is 7.89. The van der Waals surface area contributed by atoms with E-state index in [0.29, 0.717) is 11.2 Å². The molecule has 0 saturated carbocycles. The van der Waals surface area contributed by atoms with Crippen LogP contribution >= 0.6 is 0 Å². The van der Waals surface area contributed by atoms with Crippen molar-refractivity contribution in [1.29, 1.82) is 0 Å². The quantitative estimate of drug-likeness (QED) is 0.117. The number of nitrogens with one attached hydrogen (secondary N) is 3. The van der Waals surface area contributed by atoms with E-state index in [1.54, 1.807) is 54.6 Å². The summed E-state index contributed by atoms with van der Waals surface area (Å²) in [5, 5.41) is 20.3. The molecule has 1 heterocycles. The van der Waals surface area contributed by atoms with E-state index < -0.39 is 58.9 Å². The number of amides is 4. The maximum Gasteiger partial charge on any atom is 0.270 e. The molecule has 264 valence electrons. The Hall–Kier alpha value is -5.18. The number of hydrogen-bond acceptors (Lipinski definition) is 8. The molecular weight excluding hydrogens is 660 g/mol. The first-order chi connectivity index (χ1) is 23.7. The normalized spacial score (nSPS) is 13.4. The summed E-state index contributed by atoms with van der Waals surface area (Å²) in [4.78, 5) is 54.9. The fourth-order valence-corrected chi connectivity index (χ4v) is 7.04. The molecule has 1 aromatic heterocycles. The molecule has 0 aliphatic heterocycles. The van der Waals surface area contributed by atoms with E-state index in [2.05, 4.69) is 20.9 Å². The molecule has 0 spiro atoms. The van der Waals surface area contributed by atoms with Crippen molar-refractivity contribution in [2.24, 2.45) is 11.7 Å². The molecule has 14 heteroatoms. The van der Waals surface area contributed by atoms with Crippen LogP contribution in [-0.2, 0) is 30.8 Å². The Kier molecular flexibility index (Phi) is 12.8. The predicted molar refractivity (Wildman–Crippen MR) is 189 cm³/mol. The van der Waals surface area contributed by atoms with Gasteiger partial charge in [-0.05, 0) is 48.2 Å². The molecular formula is C36H42N6O7S. The van der Waals surface area contributed by atoms with Crippen LogP contribution in [-0.4, -0.2) is 77.7 Å². The van der Waals surface area contributed by atoms with E-state index in [1.807, 2.05) is 26.0 Å². The zero-order valence-electron chi connectivity index (χ0n) is 28.1. The number of pyridine rings is 1. The van der Waals surface area contributed by atoms with Gasteiger partial charge in [-0.3, -0.25) is 19.2 Å². The maximum atomic E-state index is 13.9. The molecule has 4 aromatic rings. The third kappa shape index (κ3) is 10.4. The van der Waals surface area contributed by atoms with Crippen molar-refractivity contribution >= 4 is 50.2 Å². The molecule has 0 saturated heterocycles. The number of aliphatic hydroxyl groups excluding tert-OH is 1. The summed E-state index contributed by atoms with van der Waals surface area (Å²) in [6.45, 7) is 4.59. The van der Waals surface area contributed by atoms with Crippen LogP contribution in [0.3, 0.4) is 0 Å². The Balaban J connectivity index is 1.60. The van der Waals surface area contributed by atoms with Gasteiger partial charge in [-0.15, -0.1) is 0 Å². The number of aliphatic hydroxyl groups is 1. The van der Waals surface area contributed by atoms with Crippen molar-refractivity contribution in [2.45, 2.75) is 56.7 Å². The number of sulfonamides is 1. The summed E-state index contributed by atoms with van der Waals surface area (Å²) in [6, 6.07) is 22.6. The molecule has 0 radical (unpaired) electrons. The fourth-order valence-electron chi connectivity index (χ4n) is 5.37. The standard InChI is InChI=1S/C36H42N6O7S/c1-23(2)21-42(50(48,49)28-14-9-13-27(19-28)38-24(3)43)22-33(44)31(18-25-10-5-4-6-11-25)40-36(47)32(20-34(37)45)41-35(46)30-17-16-26-12-7-8-15-29(26)39-30/h4-17,19,23,31-33,44H,18,20-22H2,1-3H3,(H2,37,45)(H,38,43)(H,40,47)(H,41,46)/t31-,32-,33+/m0/s1. The number of aromatic nitrogens is 1. The third-order valence-corrected chi connectivity index (χ3v) is 9.53. The number of hydrogen-bond donors (Lipinski definition) is 5. The number of carbonyl (C=O) groups excluding carboxylic acids is 4. The number of primary amides is 1. The van der Waals surface area contributed by atoms with Crippen LogP contribution in [0.15, 0.2) is 95.9 Å². The van der Waals surface area contributed by atoms with Gasteiger partial charge >= 0.3 is 0 Å². The zero-order chi connectivity index (χ0) is 36.4. The lowest BCUT2D eigenvalue weighted by molar-refractivity contribution is -0.128. The summed E-state index contributed by atoms with van der Waals surface area (Å²) in [5.74, 6) is -2.88. The summed E-state index contributed by atoms with van der Waals surface area (Å²) in [6.07, 6.45) is -1.90. The van der Waals surface area contributed by atoms with Crippen LogP contribution in [0, 0.1) is 5.92 Å². The molecule has 6 N–H and O–H groups in total. The predicted octanol–water partition coefficient (Wildman–Crippen LogP) is 2.60. The summed E-state index contributed by atoms with van der Waals surface area (Å²) < 4.78 is 29.0. The molecule has 50 heavy (non-hydrogen) atoms. The van der Waals surface area contributed by atoms with Crippen LogP contribution in [0.5, 0.6) is 0 Å². The van der Waals surface area contributed by atoms with E-state index in [-0.39, 0.29) is 35.4 Å². The number of nitrogens with two attached hydrogens (primary N) is 1. The molecule has 4 amide bonds. The topological polar surface area (TPSA) is 201 Å². The second kappa shape index (κ2) is 17.0. The van der Waals surface area contributed by atoms with Crippen molar-refractivity contribution in [3.8, 4) is 0 Å². The number of benzene rings is 3. The van der Waals surface area contributed by atoms with Gasteiger partial charge in [0.15, 0.2) is 0 Å². The molecule has 0 aliphatic carbocycles. The molecule has 4 rings (SSSR count). The van der Waals surface area contributed by atoms with E-state index >= 15 is 0 Å². The number of nitrogens with zero attached hydrogens (tertiary/aromatic N) is 2. The van der Waals surface area contributed by atoms with Crippen LogP contribution in [0.1, 0.15) is 43.2 Å². The Morgan fingerprint density at radius 2 is 1.58 bits per heavy atom. The monoisotopic (exact) mass is 702 g/mol. The Morgan fingerprint density at radius 3 is 2.26 bits per heavy atom. The van der Waals surface area contributed by atoms with Gasteiger partial charge in [-0.1, -0.05) is 74.5 Å². The molecule has 3 aromatic carbocycles. The van der Waals surface area contributed by atoms with Gasteiger partial charge < -0.3 is 26.8 Å². The van der Waals surface area contributed by atoms with Gasteiger partial charge in [0.2, 0.25) is 27.7 Å². The minimum atomic E-state index is -4.19. The van der Waals surface area contributed by atoms with Crippen molar-refractivity contribution < 1.29 is 32.7 Å². The first-order valence-electron chi connectivity index (χ1n) is 16.1. The largest absolute Gasteiger partial charge is 0.390 e. The minimum absolute atomic E-state index is 0.0175. The minimum Gasteiger partial charge on any atom is -0.390 e. The zero-order valence-corrected chi connectivity index (χ0v) is 28.9. The van der Waals surface area contributed by atoms with Gasteiger partial charge in [-0.25, -0.2) is 13.4 Å². The van der Waals surface area contributed by atoms with Crippen molar-refractivity contribution in [2.75, 3.05) is 18.4 Å². The maximum absolute atomic E-state index is 13.9. The lowest BCUT2D eigenvalue weighted by atomic mass is 10.00. The Morgan fingerprint density at radius 1 is 0.880 bits per heavy atom. The summed E-state index contributed by atoms with van der Waals surface area (Å²) >= 11 is 0. The summed E-state index contributed by atoms with van der Waals surface area (Å²) in [7, 11) is -4.19. The SMILES string of the molecule is CC(=O)Nc1cccc(S(=O)(=O)N(CC(C)C)C[C@@H](O)[C@H](Cc2ccccc2)NC(=O)[C@H](CC(N)=O)NC(=O)c2ccc3ccccc3n2)c1. The molecule has 0 aliphatic rings. The highest BCUT2D eigenvalue weighted by Gasteiger charge is 2.33. The summed E-state index contributed by atoms with van der Waals surface area (Å²) in [5.41, 5.74) is 7.05. The van der Waals surface area contributed by atoms with Crippen molar-refractivity contribution in [3.05, 3.63) is 102 Å². The van der Waals surface area contributed by atoms with Gasteiger partial charge in [0, 0.05) is 31.1 Å². The highest BCUT2D eigenvalue weighted by atomic mass is 32.2.